The van der Waals surface area contributed by atoms with Crippen molar-refractivity contribution < 1.29 is 19.1 Å². The zero-order valence-corrected chi connectivity index (χ0v) is 17.2. The molecule has 2 N–H and O–H groups in total. The Morgan fingerprint density at radius 1 is 0.967 bits per heavy atom. The molecule has 1 aliphatic rings. The summed E-state index contributed by atoms with van der Waals surface area (Å²) in [5, 5.41) is 5.81. The number of hydrogen-bond acceptors (Lipinski definition) is 5. The second kappa shape index (κ2) is 9.89. The Balaban J connectivity index is 1.52. The number of hydrogen-bond donors (Lipinski definition) is 2. The molecule has 0 saturated carbocycles. The van der Waals surface area contributed by atoms with E-state index in [9.17, 15) is 14.4 Å². The standard InChI is InChI=1S/C22H26N4O4/c1-25(2)21(28)17-4-3-5-19(14-17)23-15-20(27)24-18-8-6-16(7-9-18)22(29)26-10-12-30-13-11-26/h3-9,14,23H,10-13,15H2,1-2H3,(H,24,27). The number of carbonyl (C=O) groups is 3. The van der Waals surface area contributed by atoms with Gasteiger partial charge in [0.1, 0.15) is 0 Å². The van der Waals surface area contributed by atoms with Crippen LogP contribution in [0.4, 0.5) is 11.4 Å². The van der Waals surface area contributed by atoms with Crippen LogP contribution >= 0.6 is 0 Å². The molecule has 1 fully saturated rings. The minimum Gasteiger partial charge on any atom is -0.378 e. The van der Waals surface area contributed by atoms with E-state index in [1.807, 2.05) is 0 Å². The molecule has 8 nitrogen and oxygen atoms in total. The Labute approximate surface area is 175 Å². The number of carbonyl (C=O) groups excluding carboxylic acids is 3. The van der Waals surface area contributed by atoms with Crippen LogP contribution in [0.25, 0.3) is 0 Å². The van der Waals surface area contributed by atoms with Crippen molar-refractivity contribution in [3.8, 4) is 0 Å². The molecule has 1 heterocycles. The Bertz CT molecular complexity index is 906. The van der Waals surface area contributed by atoms with Crippen molar-refractivity contribution in [1.29, 1.82) is 0 Å². The molecule has 2 aromatic rings. The van der Waals surface area contributed by atoms with Gasteiger partial charge in [-0.05, 0) is 42.5 Å². The summed E-state index contributed by atoms with van der Waals surface area (Å²) in [7, 11) is 3.38. The first-order valence-electron chi connectivity index (χ1n) is 9.76. The van der Waals surface area contributed by atoms with Crippen LogP contribution in [0.5, 0.6) is 0 Å². The zero-order chi connectivity index (χ0) is 21.5. The molecule has 0 aliphatic carbocycles. The van der Waals surface area contributed by atoms with Gasteiger partial charge in [-0.3, -0.25) is 14.4 Å². The molecule has 0 atom stereocenters. The molecule has 3 rings (SSSR count). The van der Waals surface area contributed by atoms with Gasteiger partial charge in [-0.2, -0.15) is 0 Å². The van der Waals surface area contributed by atoms with Crippen molar-refractivity contribution in [2.45, 2.75) is 0 Å². The van der Waals surface area contributed by atoms with Gasteiger partial charge in [0.2, 0.25) is 5.91 Å². The number of rotatable bonds is 6. The number of amides is 3. The van der Waals surface area contributed by atoms with Gasteiger partial charge in [0, 0.05) is 49.7 Å². The van der Waals surface area contributed by atoms with Crippen molar-refractivity contribution in [3.05, 3.63) is 59.7 Å². The van der Waals surface area contributed by atoms with Crippen LogP contribution in [0.2, 0.25) is 0 Å². The minimum atomic E-state index is -0.230. The van der Waals surface area contributed by atoms with Gasteiger partial charge in [-0.25, -0.2) is 0 Å². The first kappa shape index (κ1) is 21.3. The highest BCUT2D eigenvalue weighted by molar-refractivity contribution is 5.97. The van der Waals surface area contributed by atoms with Crippen LogP contribution < -0.4 is 10.6 Å². The second-order valence-electron chi connectivity index (χ2n) is 7.16. The number of nitrogens with one attached hydrogen (secondary N) is 2. The molecule has 0 bridgehead atoms. The lowest BCUT2D eigenvalue weighted by Crippen LogP contribution is -2.40. The van der Waals surface area contributed by atoms with E-state index in [2.05, 4.69) is 10.6 Å². The number of anilines is 2. The molecular formula is C22H26N4O4. The number of ether oxygens (including phenoxy) is 1. The van der Waals surface area contributed by atoms with Gasteiger partial charge < -0.3 is 25.2 Å². The Hall–Kier alpha value is -3.39. The molecule has 0 unspecified atom stereocenters. The monoisotopic (exact) mass is 410 g/mol. The third kappa shape index (κ3) is 5.57. The number of nitrogens with zero attached hydrogens (tertiary/aromatic N) is 2. The number of benzene rings is 2. The van der Waals surface area contributed by atoms with E-state index in [0.29, 0.717) is 48.8 Å². The SMILES string of the molecule is CN(C)C(=O)c1cccc(NCC(=O)Nc2ccc(C(=O)N3CCOCC3)cc2)c1. The maximum atomic E-state index is 12.5. The second-order valence-corrected chi connectivity index (χ2v) is 7.16. The zero-order valence-electron chi connectivity index (χ0n) is 17.2. The highest BCUT2D eigenvalue weighted by atomic mass is 16.5. The van der Waals surface area contributed by atoms with Crippen LogP contribution in [-0.2, 0) is 9.53 Å². The van der Waals surface area contributed by atoms with E-state index in [1.165, 1.54) is 4.90 Å². The molecule has 30 heavy (non-hydrogen) atoms. The lowest BCUT2D eigenvalue weighted by molar-refractivity contribution is -0.114. The maximum absolute atomic E-state index is 12.5. The Morgan fingerprint density at radius 3 is 2.33 bits per heavy atom. The maximum Gasteiger partial charge on any atom is 0.254 e. The van der Waals surface area contributed by atoms with Crippen LogP contribution in [0.1, 0.15) is 20.7 Å². The summed E-state index contributed by atoms with van der Waals surface area (Å²) in [6, 6.07) is 13.8. The Morgan fingerprint density at radius 2 is 1.67 bits per heavy atom. The molecule has 8 heteroatoms. The van der Waals surface area contributed by atoms with E-state index in [0.717, 1.165) is 0 Å². The minimum absolute atomic E-state index is 0.0370. The quantitative estimate of drug-likeness (QED) is 0.759. The molecular weight excluding hydrogens is 384 g/mol. The van der Waals surface area contributed by atoms with Crippen LogP contribution in [0.3, 0.4) is 0 Å². The molecule has 0 aromatic heterocycles. The van der Waals surface area contributed by atoms with Gasteiger partial charge in [-0.1, -0.05) is 6.07 Å². The van der Waals surface area contributed by atoms with Gasteiger partial charge >= 0.3 is 0 Å². The Kier molecular flexibility index (Phi) is 7.03. The van der Waals surface area contributed by atoms with E-state index in [4.69, 9.17) is 4.74 Å². The highest BCUT2D eigenvalue weighted by Crippen LogP contribution is 2.14. The lowest BCUT2D eigenvalue weighted by atomic mass is 10.1. The topological polar surface area (TPSA) is 91.0 Å². The average molecular weight is 410 g/mol. The van der Waals surface area contributed by atoms with E-state index in [-0.39, 0.29) is 24.3 Å². The van der Waals surface area contributed by atoms with E-state index in [1.54, 1.807) is 67.5 Å². The summed E-state index contributed by atoms with van der Waals surface area (Å²) in [5.41, 5.74) is 2.42. The third-order valence-corrected chi connectivity index (χ3v) is 4.68. The number of morpholine rings is 1. The van der Waals surface area contributed by atoms with Gasteiger partial charge in [0.15, 0.2) is 0 Å². The summed E-state index contributed by atoms with van der Waals surface area (Å²) >= 11 is 0. The summed E-state index contributed by atoms with van der Waals surface area (Å²) in [5.74, 6) is -0.369. The first-order valence-corrected chi connectivity index (χ1v) is 9.76. The summed E-state index contributed by atoms with van der Waals surface area (Å²) in [6.07, 6.45) is 0. The summed E-state index contributed by atoms with van der Waals surface area (Å²) < 4.78 is 5.27. The summed E-state index contributed by atoms with van der Waals surface area (Å²) in [4.78, 5) is 40.0. The molecule has 0 spiro atoms. The normalized spacial score (nSPS) is 13.5. The van der Waals surface area contributed by atoms with Crippen LogP contribution in [-0.4, -0.2) is 74.5 Å². The highest BCUT2D eigenvalue weighted by Gasteiger charge is 2.18. The van der Waals surface area contributed by atoms with Crippen molar-refractivity contribution in [3.63, 3.8) is 0 Å². The van der Waals surface area contributed by atoms with Gasteiger partial charge in [0.05, 0.1) is 19.8 Å². The van der Waals surface area contributed by atoms with E-state index < -0.39 is 0 Å². The fourth-order valence-corrected chi connectivity index (χ4v) is 3.05. The summed E-state index contributed by atoms with van der Waals surface area (Å²) in [6.45, 7) is 2.33. The average Bonchev–Trinajstić information content (AvgIpc) is 2.78. The molecule has 158 valence electrons. The fourth-order valence-electron chi connectivity index (χ4n) is 3.05. The van der Waals surface area contributed by atoms with Crippen LogP contribution in [0.15, 0.2) is 48.5 Å². The predicted molar refractivity (Wildman–Crippen MR) is 115 cm³/mol. The van der Waals surface area contributed by atoms with Crippen LogP contribution in [0, 0.1) is 0 Å². The van der Waals surface area contributed by atoms with Gasteiger partial charge in [0.25, 0.3) is 11.8 Å². The molecule has 1 saturated heterocycles. The lowest BCUT2D eigenvalue weighted by Gasteiger charge is -2.26. The predicted octanol–water partition coefficient (Wildman–Crippen LogP) is 1.91. The molecule has 0 radical (unpaired) electrons. The fraction of sp³-hybridized carbons (Fsp3) is 0.318. The van der Waals surface area contributed by atoms with Crippen molar-refractivity contribution >= 4 is 29.1 Å². The van der Waals surface area contributed by atoms with Crippen molar-refractivity contribution in [2.24, 2.45) is 0 Å². The van der Waals surface area contributed by atoms with Crippen molar-refractivity contribution in [2.75, 3.05) is 57.6 Å². The molecule has 3 amide bonds. The molecule has 1 aliphatic heterocycles. The largest absolute Gasteiger partial charge is 0.378 e. The molecule has 2 aromatic carbocycles. The van der Waals surface area contributed by atoms with Gasteiger partial charge in [-0.15, -0.1) is 0 Å². The first-order chi connectivity index (χ1) is 14.4. The third-order valence-electron chi connectivity index (χ3n) is 4.68. The smallest absolute Gasteiger partial charge is 0.254 e. The van der Waals surface area contributed by atoms with E-state index >= 15 is 0 Å². The van der Waals surface area contributed by atoms with Crippen molar-refractivity contribution in [1.82, 2.24) is 9.80 Å².